The maximum absolute atomic E-state index is 12.5. The number of benzene rings is 2. The Balaban J connectivity index is 1.37. The molecule has 1 amide bonds. The molecule has 0 bridgehead atoms. The van der Waals surface area contributed by atoms with Crippen LogP contribution in [-0.4, -0.2) is 58.6 Å². The molecule has 1 heterocycles. The molecule has 1 atom stereocenters. The van der Waals surface area contributed by atoms with Gasteiger partial charge in [0, 0.05) is 13.1 Å². The van der Waals surface area contributed by atoms with Crippen LogP contribution in [0.15, 0.2) is 53.4 Å². The molecule has 1 unspecified atom stereocenters. The highest BCUT2D eigenvalue weighted by Gasteiger charge is 2.23. The Bertz CT molecular complexity index is 993. The maximum atomic E-state index is 12.5. The molecule has 2 N–H and O–H groups in total. The molecule has 174 valence electrons. The van der Waals surface area contributed by atoms with Gasteiger partial charge in [0.1, 0.15) is 12.4 Å². The molecular formula is C24H33N3O4S. The zero-order valence-corrected chi connectivity index (χ0v) is 19.7. The minimum Gasteiger partial charge on any atom is -0.492 e. The summed E-state index contributed by atoms with van der Waals surface area (Å²) in [5.74, 6) is 0.936. The summed E-state index contributed by atoms with van der Waals surface area (Å²) in [5, 5.41) is 2.89. The summed E-state index contributed by atoms with van der Waals surface area (Å²) in [5.41, 5.74) is 2.15. The predicted octanol–water partition coefficient (Wildman–Crippen LogP) is 2.49. The van der Waals surface area contributed by atoms with E-state index in [0.717, 1.165) is 36.3 Å². The zero-order chi connectivity index (χ0) is 23.0. The summed E-state index contributed by atoms with van der Waals surface area (Å²) in [4.78, 5) is 14.7. The number of likely N-dealkylation sites (tertiary alicyclic amines) is 1. The summed E-state index contributed by atoms with van der Waals surface area (Å²) < 4.78 is 33.4. The molecule has 0 aliphatic carbocycles. The lowest BCUT2D eigenvalue weighted by atomic mass is 9.98. The molecule has 1 aliphatic heterocycles. The average molecular weight is 460 g/mol. The minimum atomic E-state index is -3.52. The second-order valence-corrected chi connectivity index (χ2v) is 10.2. The topological polar surface area (TPSA) is 87.7 Å². The van der Waals surface area contributed by atoms with Crippen LogP contribution in [0.3, 0.4) is 0 Å². The van der Waals surface area contributed by atoms with Crippen LogP contribution < -0.4 is 14.8 Å². The van der Waals surface area contributed by atoms with E-state index in [2.05, 4.69) is 14.9 Å². The number of aryl methyl sites for hydroxylation is 2. The molecule has 0 spiro atoms. The van der Waals surface area contributed by atoms with Gasteiger partial charge in [-0.25, -0.2) is 13.1 Å². The third-order valence-corrected chi connectivity index (χ3v) is 6.99. The molecule has 0 radical (unpaired) electrons. The lowest BCUT2D eigenvalue weighted by Crippen LogP contribution is -2.45. The van der Waals surface area contributed by atoms with Crippen LogP contribution in [-0.2, 0) is 14.8 Å². The van der Waals surface area contributed by atoms with Crippen LogP contribution in [0.2, 0.25) is 0 Å². The molecular weight excluding hydrogens is 426 g/mol. The van der Waals surface area contributed by atoms with Gasteiger partial charge in [0.15, 0.2) is 0 Å². The number of hydrogen-bond donors (Lipinski definition) is 2. The first kappa shape index (κ1) is 24.2. The van der Waals surface area contributed by atoms with Crippen molar-refractivity contribution < 1.29 is 17.9 Å². The van der Waals surface area contributed by atoms with Crippen LogP contribution in [0.5, 0.6) is 5.75 Å². The fraction of sp³-hybridized carbons (Fsp3) is 0.458. The molecule has 2 aromatic carbocycles. The first-order chi connectivity index (χ1) is 15.3. The van der Waals surface area contributed by atoms with Gasteiger partial charge in [-0.1, -0.05) is 29.8 Å². The molecule has 1 aliphatic rings. The summed E-state index contributed by atoms with van der Waals surface area (Å²) >= 11 is 0. The number of carbonyl (C=O) groups is 1. The first-order valence-corrected chi connectivity index (χ1v) is 12.5. The minimum absolute atomic E-state index is 0.0428. The Morgan fingerprint density at radius 3 is 2.66 bits per heavy atom. The Kier molecular flexibility index (Phi) is 8.67. The van der Waals surface area contributed by atoms with Gasteiger partial charge in [0.25, 0.3) is 0 Å². The van der Waals surface area contributed by atoms with E-state index in [1.165, 1.54) is 0 Å². The van der Waals surface area contributed by atoms with Crippen molar-refractivity contribution in [3.8, 4) is 5.75 Å². The quantitative estimate of drug-likeness (QED) is 0.533. The summed E-state index contributed by atoms with van der Waals surface area (Å²) in [6.45, 7) is 7.02. The number of hydrogen-bond acceptors (Lipinski definition) is 5. The summed E-state index contributed by atoms with van der Waals surface area (Å²) in [6, 6.07) is 14.6. The van der Waals surface area contributed by atoms with Crippen LogP contribution in [0.4, 0.5) is 0 Å². The predicted molar refractivity (Wildman–Crippen MR) is 125 cm³/mol. The molecule has 8 heteroatoms. The van der Waals surface area contributed by atoms with E-state index in [1.807, 2.05) is 38.1 Å². The van der Waals surface area contributed by atoms with E-state index in [-0.39, 0.29) is 16.7 Å². The highest BCUT2D eigenvalue weighted by Crippen LogP contribution is 2.17. The van der Waals surface area contributed by atoms with Crippen molar-refractivity contribution in [2.45, 2.75) is 31.6 Å². The monoisotopic (exact) mass is 459 g/mol. The number of sulfonamides is 1. The van der Waals surface area contributed by atoms with E-state index in [1.54, 1.807) is 24.3 Å². The number of nitrogens with one attached hydrogen (secondary N) is 2. The Hall–Kier alpha value is -2.42. The smallest absolute Gasteiger partial charge is 0.240 e. The standard InChI is InChI=1S/C24H33N3O4S/c1-19-8-10-23(11-9-19)32(29,30)26-16-21-6-4-13-27(17-21)18-24(28)25-12-14-31-22-7-3-5-20(2)15-22/h3,5,7-11,15,21,26H,4,6,12-14,16-18H2,1-2H3,(H,25,28). The molecule has 0 aromatic heterocycles. The summed E-state index contributed by atoms with van der Waals surface area (Å²) in [6.07, 6.45) is 1.89. The Morgan fingerprint density at radius 1 is 1.12 bits per heavy atom. The normalized spacial score (nSPS) is 17.1. The van der Waals surface area contributed by atoms with Gasteiger partial charge < -0.3 is 10.1 Å². The number of piperidine rings is 1. The SMILES string of the molecule is Cc1ccc(S(=O)(=O)NCC2CCCN(CC(=O)NCCOc3cccc(C)c3)C2)cc1. The highest BCUT2D eigenvalue weighted by atomic mass is 32.2. The van der Waals surface area contributed by atoms with Crippen molar-refractivity contribution in [1.29, 1.82) is 0 Å². The maximum Gasteiger partial charge on any atom is 0.240 e. The van der Waals surface area contributed by atoms with Crippen molar-refractivity contribution in [1.82, 2.24) is 14.9 Å². The average Bonchev–Trinajstić information content (AvgIpc) is 2.76. The van der Waals surface area contributed by atoms with Crippen molar-refractivity contribution in [2.24, 2.45) is 5.92 Å². The van der Waals surface area contributed by atoms with E-state index >= 15 is 0 Å². The molecule has 1 saturated heterocycles. The van der Waals surface area contributed by atoms with Gasteiger partial charge >= 0.3 is 0 Å². The van der Waals surface area contributed by atoms with E-state index in [9.17, 15) is 13.2 Å². The summed E-state index contributed by atoms with van der Waals surface area (Å²) in [7, 11) is -3.52. The van der Waals surface area contributed by atoms with Crippen molar-refractivity contribution >= 4 is 15.9 Å². The van der Waals surface area contributed by atoms with Gasteiger partial charge in [-0.2, -0.15) is 0 Å². The molecule has 3 rings (SSSR count). The van der Waals surface area contributed by atoms with Crippen molar-refractivity contribution in [2.75, 3.05) is 39.3 Å². The Morgan fingerprint density at radius 2 is 1.91 bits per heavy atom. The van der Waals surface area contributed by atoms with Crippen LogP contribution >= 0.6 is 0 Å². The molecule has 2 aromatic rings. The Labute approximate surface area is 191 Å². The zero-order valence-electron chi connectivity index (χ0n) is 18.8. The largest absolute Gasteiger partial charge is 0.492 e. The number of carbonyl (C=O) groups excluding carboxylic acids is 1. The van der Waals surface area contributed by atoms with Crippen molar-refractivity contribution in [3.63, 3.8) is 0 Å². The van der Waals surface area contributed by atoms with Crippen LogP contribution in [0, 0.1) is 19.8 Å². The number of rotatable bonds is 10. The molecule has 7 nitrogen and oxygen atoms in total. The number of ether oxygens (including phenoxy) is 1. The van der Waals surface area contributed by atoms with E-state index < -0.39 is 10.0 Å². The van der Waals surface area contributed by atoms with Crippen molar-refractivity contribution in [3.05, 3.63) is 59.7 Å². The van der Waals surface area contributed by atoms with Crippen LogP contribution in [0.25, 0.3) is 0 Å². The third-order valence-electron chi connectivity index (χ3n) is 5.55. The van der Waals surface area contributed by atoms with Gasteiger partial charge in [-0.15, -0.1) is 0 Å². The first-order valence-electron chi connectivity index (χ1n) is 11.1. The lowest BCUT2D eigenvalue weighted by Gasteiger charge is -2.32. The van der Waals surface area contributed by atoms with E-state index in [4.69, 9.17) is 4.74 Å². The molecule has 0 saturated carbocycles. The van der Waals surface area contributed by atoms with E-state index in [0.29, 0.717) is 32.8 Å². The van der Waals surface area contributed by atoms with Gasteiger partial charge in [-0.3, -0.25) is 9.69 Å². The molecule has 1 fully saturated rings. The van der Waals surface area contributed by atoms with Crippen LogP contribution in [0.1, 0.15) is 24.0 Å². The second-order valence-electron chi connectivity index (χ2n) is 8.42. The second kappa shape index (κ2) is 11.4. The number of amides is 1. The number of nitrogens with zero attached hydrogens (tertiary/aromatic N) is 1. The fourth-order valence-corrected chi connectivity index (χ4v) is 4.93. The third kappa shape index (κ3) is 7.62. The lowest BCUT2D eigenvalue weighted by molar-refractivity contribution is -0.122. The molecule has 32 heavy (non-hydrogen) atoms. The fourth-order valence-electron chi connectivity index (χ4n) is 3.81. The highest BCUT2D eigenvalue weighted by molar-refractivity contribution is 7.89. The van der Waals surface area contributed by atoms with Gasteiger partial charge in [0.2, 0.25) is 15.9 Å². The van der Waals surface area contributed by atoms with Gasteiger partial charge in [-0.05, 0) is 69.0 Å². The van der Waals surface area contributed by atoms with Gasteiger partial charge in [0.05, 0.1) is 18.0 Å².